The van der Waals surface area contributed by atoms with Crippen LogP contribution in [-0.2, 0) is 6.42 Å². The van der Waals surface area contributed by atoms with Gasteiger partial charge in [-0.2, -0.15) is 0 Å². The maximum Gasteiger partial charge on any atom is 0.134 e. The lowest BCUT2D eigenvalue weighted by Crippen LogP contribution is -2.46. The van der Waals surface area contributed by atoms with Crippen LogP contribution in [0.25, 0.3) is 0 Å². The molecule has 5 nitrogen and oxygen atoms in total. The molecule has 0 bridgehead atoms. The van der Waals surface area contributed by atoms with Crippen LogP contribution in [0.2, 0.25) is 0 Å². The van der Waals surface area contributed by atoms with Crippen molar-refractivity contribution in [3.8, 4) is 0 Å². The summed E-state index contributed by atoms with van der Waals surface area (Å²) in [6, 6.07) is 2.01. The molecule has 1 aliphatic rings. The number of β-amino-alcohol motifs (C(OH)–C–C–N with tert-alkyl or cyclic N) is 1. The Bertz CT molecular complexity index is 462. The molecule has 2 rings (SSSR count). The first kappa shape index (κ1) is 16.0. The highest BCUT2D eigenvalue weighted by Gasteiger charge is 2.29. The summed E-state index contributed by atoms with van der Waals surface area (Å²) in [7, 11) is 0. The Labute approximate surface area is 127 Å². The molecular formula is C16H28N4O. The van der Waals surface area contributed by atoms with E-state index in [0.717, 1.165) is 62.7 Å². The molecule has 118 valence electrons. The highest BCUT2D eigenvalue weighted by Crippen LogP contribution is 2.26. The van der Waals surface area contributed by atoms with Gasteiger partial charge in [0.2, 0.25) is 0 Å². The van der Waals surface area contributed by atoms with Gasteiger partial charge in [-0.3, -0.25) is 0 Å². The fourth-order valence-electron chi connectivity index (χ4n) is 2.74. The van der Waals surface area contributed by atoms with Crippen molar-refractivity contribution in [1.82, 2.24) is 9.97 Å². The molecule has 0 aromatic carbocycles. The van der Waals surface area contributed by atoms with Crippen molar-refractivity contribution in [2.24, 2.45) is 0 Å². The Morgan fingerprint density at radius 3 is 2.81 bits per heavy atom. The van der Waals surface area contributed by atoms with Crippen LogP contribution in [0.15, 0.2) is 6.07 Å². The largest absolute Gasteiger partial charge is 0.388 e. The third kappa shape index (κ3) is 4.56. The van der Waals surface area contributed by atoms with Gasteiger partial charge in [0.05, 0.1) is 5.60 Å². The third-order valence-electron chi connectivity index (χ3n) is 3.79. The number of piperidine rings is 1. The molecule has 1 atom stereocenters. The normalized spacial score (nSPS) is 22.4. The summed E-state index contributed by atoms with van der Waals surface area (Å²) >= 11 is 0. The summed E-state index contributed by atoms with van der Waals surface area (Å²) in [5.74, 6) is 2.72. The van der Waals surface area contributed by atoms with Gasteiger partial charge in [-0.25, -0.2) is 9.97 Å². The maximum absolute atomic E-state index is 10.3. The van der Waals surface area contributed by atoms with Gasteiger partial charge < -0.3 is 15.3 Å². The number of nitrogens with zero attached hydrogens (tertiary/aromatic N) is 3. The molecule has 5 heteroatoms. The van der Waals surface area contributed by atoms with Crippen molar-refractivity contribution < 1.29 is 5.11 Å². The van der Waals surface area contributed by atoms with Gasteiger partial charge in [0.25, 0.3) is 0 Å². The van der Waals surface area contributed by atoms with Gasteiger partial charge >= 0.3 is 0 Å². The molecule has 1 aromatic heterocycles. The molecule has 1 aromatic rings. The molecule has 1 fully saturated rings. The fraction of sp³-hybridized carbons (Fsp3) is 0.750. The average molecular weight is 292 g/mol. The lowest BCUT2D eigenvalue weighted by molar-refractivity contribution is 0.0447. The number of hydrogen-bond acceptors (Lipinski definition) is 5. The summed E-state index contributed by atoms with van der Waals surface area (Å²) in [6.45, 7) is 8.70. The van der Waals surface area contributed by atoms with Crippen molar-refractivity contribution >= 4 is 11.6 Å². The molecule has 0 spiro atoms. The van der Waals surface area contributed by atoms with E-state index < -0.39 is 5.60 Å². The van der Waals surface area contributed by atoms with Crippen LogP contribution in [0.4, 0.5) is 11.6 Å². The monoisotopic (exact) mass is 292 g/mol. The number of nitrogens with one attached hydrogen (secondary N) is 1. The zero-order valence-electron chi connectivity index (χ0n) is 13.5. The lowest BCUT2D eigenvalue weighted by atomic mass is 9.95. The van der Waals surface area contributed by atoms with E-state index >= 15 is 0 Å². The van der Waals surface area contributed by atoms with Gasteiger partial charge in [0.15, 0.2) is 0 Å². The minimum Gasteiger partial charge on any atom is -0.388 e. The number of aryl methyl sites for hydroxylation is 1. The Balaban J connectivity index is 2.21. The Kier molecular flexibility index (Phi) is 5.39. The molecule has 1 unspecified atom stereocenters. The Morgan fingerprint density at radius 1 is 1.33 bits per heavy atom. The number of anilines is 2. The fourth-order valence-corrected chi connectivity index (χ4v) is 2.74. The summed E-state index contributed by atoms with van der Waals surface area (Å²) in [5, 5.41) is 13.6. The second-order valence-electron chi connectivity index (χ2n) is 6.23. The smallest absolute Gasteiger partial charge is 0.134 e. The molecule has 0 radical (unpaired) electrons. The lowest BCUT2D eigenvalue weighted by Gasteiger charge is -2.37. The molecular weight excluding hydrogens is 264 g/mol. The van der Waals surface area contributed by atoms with E-state index in [9.17, 15) is 5.11 Å². The molecule has 0 saturated carbocycles. The standard InChI is InChI=1S/C16H28N4O/c1-4-7-13-18-14(17-9-5-2)11-15(19-13)20-10-6-8-16(3,21)12-20/h11,21H,4-10,12H2,1-3H3,(H,17,18,19). The van der Waals surface area contributed by atoms with Crippen LogP contribution in [0.5, 0.6) is 0 Å². The average Bonchev–Trinajstić information content (AvgIpc) is 2.44. The van der Waals surface area contributed by atoms with Crippen LogP contribution < -0.4 is 10.2 Å². The number of rotatable bonds is 6. The molecule has 0 aliphatic carbocycles. The van der Waals surface area contributed by atoms with E-state index in [0.29, 0.717) is 6.54 Å². The van der Waals surface area contributed by atoms with E-state index in [-0.39, 0.29) is 0 Å². The quantitative estimate of drug-likeness (QED) is 0.844. The van der Waals surface area contributed by atoms with Gasteiger partial charge in [-0.15, -0.1) is 0 Å². The van der Waals surface area contributed by atoms with Gasteiger partial charge in [-0.05, 0) is 32.6 Å². The van der Waals surface area contributed by atoms with E-state index in [1.807, 2.05) is 13.0 Å². The zero-order chi connectivity index (χ0) is 15.3. The first-order valence-electron chi connectivity index (χ1n) is 8.13. The predicted octanol–water partition coefficient (Wildman–Crippen LogP) is 2.60. The Hall–Kier alpha value is -1.36. The highest BCUT2D eigenvalue weighted by atomic mass is 16.3. The second kappa shape index (κ2) is 7.07. The SMILES string of the molecule is CCCNc1cc(N2CCCC(C)(O)C2)nc(CCC)n1. The molecule has 21 heavy (non-hydrogen) atoms. The van der Waals surface area contributed by atoms with E-state index in [1.165, 1.54) is 0 Å². The van der Waals surface area contributed by atoms with Crippen molar-refractivity contribution in [1.29, 1.82) is 0 Å². The summed E-state index contributed by atoms with van der Waals surface area (Å²) in [6.07, 6.45) is 4.85. The number of aliphatic hydroxyl groups is 1. The number of aromatic nitrogens is 2. The molecule has 2 heterocycles. The maximum atomic E-state index is 10.3. The minimum absolute atomic E-state index is 0.620. The molecule has 2 N–H and O–H groups in total. The van der Waals surface area contributed by atoms with Crippen molar-refractivity contribution in [2.45, 2.75) is 58.5 Å². The summed E-state index contributed by atoms with van der Waals surface area (Å²) in [4.78, 5) is 11.4. The Morgan fingerprint density at radius 2 is 2.14 bits per heavy atom. The first-order valence-corrected chi connectivity index (χ1v) is 8.13. The van der Waals surface area contributed by atoms with Crippen LogP contribution in [-0.4, -0.2) is 40.3 Å². The highest BCUT2D eigenvalue weighted by molar-refractivity contribution is 5.50. The topological polar surface area (TPSA) is 61.3 Å². The van der Waals surface area contributed by atoms with E-state index in [1.54, 1.807) is 0 Å². The summed E-state index contributed by atoms with van der Waals surface area (Å²) < 4.78 is 0. The van der Waals surface area contributed by atoms with Crippen molar-refractivity contribution in [2.75, 3.05) is 29.9 Å². The zero-order valence-corrected chi connectivity index (χ0v) is 13.5. The van der Waals surface area contributed by atoms with Gasteiger partial charge in [0.1, 0.15) is 17.5 Å². The number of hydrogen-bond donors (Lipinski definition) is 2. The first-order chi connectivity index (χ1) is 10.0. The third-order valence-corrected chi connectivity index (χ3v) is 3.79. The molecule has 1 aliphatic heterocycles. The minimum atomic E-state index is -0.620. The van der Waals surface area contributed by atoms with Crippen LogP contribution >= 0.6 is 0 Å². The second-order valence-corrected chi connectivity index (χ2v) is 6.23. The van der Waals surface area contributed by atoms with Crippen molar-refractivity contribution in [3.05, 3.63) is 11.9 Å². The molecule has 0 amide bonds. The summed E-state index contributed by atoms with van der Waals surface area (Å²) in [5.41, 5.74) is -0.620. The van der Waals surface area contributed by atoms with Crippen LogP contribution in [0.1, 0.15) is 52.3 Å². The van der Waals surface area contributed by atoms with E-state index in [2.05, 4.69) is 34.0 Å². The predicted molar refractivity (Wildman–Crippen MR) is 86.9 cm³/mol. The van der Waals surface area contributed by atoms with Crippen LogP contribution in [0.3, 0.4) is 0 Å². The van der Waals surface area contributed by atoms with Crippen LogP contribution in [0, 0.1) is 0 Å². The van der Waals surface area contributed by atoms with Crippen molar-refractivity contribution in [3.63, 3.8) is 0 Å². The van der Waals surface area contributed by atoms with Gasteiger partial charge in [0, 0.05) is 32.1 Å². The van der Waals surface area contributed by atoms with Gasteiger partial charge in [-0.1, -0.05) is 13.8 Å². The van der Waals surface area contributed by atoms with E-state index in [4.69, 9.17) is 0 Å². The molecule has 1 saturated heterocycles.